The van der Waals surface area contributed by atoms with E-state index in [9.17, 15) is 14.4 Å². The normalized spacial score (nSPS) is 15.4. The van der Waals surface area contributed by atoms with E-state index in [1.807, 2.05) is 49.4 Å². The number of carbonyl (C=O) groups excluding carboxylic acids is 1. The molecule has 0 spiro atoms. The lowest BCUT2D eigenvalue weighted by atomic mass is 9.93. The molecule has 0 aliphatic carbocycles. The van der Waals surface area contributed by atoms with E-state index in [4.69, 9.17) is 14.5 Å². The molecule has 4 aromatic rings. The third-order valence-electron chi connectivity index (χ3n) is 6.92. The monoisotopic (exact) mass is 546 g/mol. The molecule has 1 aliphatic heterocycles. The summed E-state index contributed by atoms with van der Waals surface area (Å²) in [4.78, 5) is 45.0. The summed E-state index contributed by atoms with van der Waals surface area (Å²) in [5.41, 5.74) is 3.61. The quantitative estimate of drug-likeness (QED) is 0.332. The number of benzene rings is 2. The van der Waals surface area contributed by atoms with Crippen molar-refractivity contribution in [1.82, 2.24) is 13.7 Å². The van der Waals surface area contributed by atoms with Crippen molar-refractivity contribution in [2.45, 2.75) is 32.7 Å². The highest BCUT2D eigenvalue weighted by atomic mass is 32.1. The number of esters is 1. The van der Waals surface area contributed by atoms with Crippen LogP contribution >= 0.6 is 11.3 Å². The van der Waals surface area contributed by atoms with Crippen LogP contribution in [0.4, 0.5) is 0 Å². The summed E-state index contributed by atoms with van der Waals surface area (Å²) < 4.78 is 16.3. The van der Waals surface area contributed by atoms with Gasteiger partial charge in [-0.15, -0.1) is 0 Å². The molecule has 9 nitrogen and oxygen atoms in total. The number of hydrogen-bond donors (Lipinski definition) is 0. The highest BCUT2D eigenvalue weighted by Gasteiger charge is 2.35. The number of imidazole rings is 1. The fourth-order valence-corrected chi connectivity index (χ4v) is 6.09. The minimum atomic E-state index is -0.752. The van der Waals surface area contributed by atoms with Crippen LogP contribution in [0.25, 0.3) is 17.1 Å². The van der Waals surface area contributed by atoms with Crippen molar-refractivity contribution in [3.63, 3.8) is 0 Å². The molecule has 39 heavy (non-hydrogen) atoms. The van der Waals surface area contributed by atoms with Crippen LogP contribution in [0.1, 0.15) is 43.9 Å². The summed E-state index contributed by atoms with van der Waals surface area (Å²) in [6.07, 6.45) is 3.13. The third kappa shape index (κ3) is 4.44. The third-order valence-corrected chi connectivity index (χ3v) is 7.90. The van der Waals surface area contributed by atoms with Crippen molar-refractivity contribution in [2.75, 3.05) is 13.7 Å². The number of carbonyl (C=O) groups is 1. The van der Waals surface area contributed by atoms with Gasteiger partial charge in [0.1, 0.15) is 11.8 Å². The van der Waals surface area contributed by atoms with Crippen LogP contribution in [0.15, 0.2) is 68.3 Å². The number of thiazole rings is 1. The van der Waals surface area contributed by atoms with E-state index in [0.717, 1.165) is 23.0 Å². The molecule has 2 aromatic carbocycles. The Labute approximate surface area is 228 Å². The molecule has 2 aromatic heterocycles. The molecule has 0 saturated heterocycles. The zero-order chi connectivity index (χ0) is 27.8. The molecule has 0 amide bonds. The average molecular weight is 547 g/mol. The molecule has 1 atom stereocenters. The van der Waals surface area contributed by atoms with Crippen molar-refractivity contribution in [3.8, 4) is 5.75 Å². The SMILES string of the molecule is CCCC1=C(C(=O)OCC)[C@@H](c2ccccc2OC)n2c(s/c(=C/c3ccc4c(c3)n(C)c(=O)n4C)c2=O)=N1. The van der Waals surface area contributed by atoms with E-state index in [1.165, 1.54) is 11.3 Å². The number of para-hydroxylation sites is 1. The van der Waals surface area contributed by atoms with Gasteiger partial charge >= 0.3 is 11.7 Å². The molecule has 0 fully saturated rings. The lowest BCUT2D eigenvalue weighted by Crippen LogP contribution is -2.40. The van der Waals surface area contributed by atoms with E-state index >= 15 is 0 Å². The van der Waals surface area contributed by atoms with Crippen LogP contribution in [0.2, 0.25) is 0 Å². The number of fused-ring (bicyclic) bond motifs is 2. The Kier molecular flexibility index (Phi) is 7.14. The predicted molar refractivity (Wildman–Crippen MR) is 151 cm³/mol. The van der Waals surface area contributed by atoms with Crippen molar-refractivity contribution in [2.24, 2.45) is 19.1 Å². The Bertz CT molecular complexity index is 1870. The van der Waals surface area contributed by atoms with Crippen LogP contribution < -0.4 is 25.3 Å². The number of ether oxygens (including phenoxy) is 2. The van der Waals surface area contributed by atoms with Gasteiger partial charge in [-0.05, 0) is 43.2 Å². The van der Waals surface area contributed by atoms with E-state index in [0.29, 0.717) is 38.3 Å². The summed E-state index contributed by atoms with van der Waals surface area (Å²) in [5.74, 6) is 0.0670. The van der Waals surface area contributed by atoms with Gasteiger partial charge in [-0.1, -0.05) is 48.9 Å². The summed E-state index contributed by atoms with van der Waals surface area (Å²) in [6, 6.07) is 12.3. The highest BCUT2D eigenvalue weighted by molar-refractivity contribution is 7.07. The number of hydrogen-bond acceptors (Lipinski definition) is 7. The lowest BCUT2D eigenvalue weighted by Gasteiger charge is -2.26. The minimum absolute atomic E-state index is 0.117. The Hall–Kier alpha value is -4.18. The van der Waals surface area contributed by atoms with Crippen LogP contribution in [-0.4, -0.2) is 33.4 Å². The molecule has 5 rings (SSSR count). The van der Waals surface area contributed by atoms with E-state index in [1.54, 1.807) is 47.9 Å². The fourth-order valence-electron chi connectivity index (χ4n) is 5.07. The molecule has 0 N–H and O–H groups in total. The van der Waals surface area contributed by atoms with Crippen molar-refractivity contribution in [1.29, 1.82) is 0 Å². The maximum Gasteiger partial charge on any atom is 0.338 e. The summed E-state index contributed by atoms with van der Waals surface area (Å²) in [5, 5.41) is 0. The van der Waals surface area contributed by atoms with Crippen LogP contribution in [0, 0.1) is 0 Å². The van der Waals surface area contributed by atoms with Crippen molar-refractivity contribution < 1.29 is 14.3 Å². The highest BCUT2D eigenvalue weighted by Crippen LogP contribution is 2.36. The van der Waals surface area contributed by atoms with Crippen molar-refractivity contribution in [3.05, 3.63) is 95.0 Å². The first kappa shape index (κ1) is 26.4. The van der Waals surface area contributed by atoms with Gasteiger partial charge in [-0.2, -0.15) is 0 Å². The standard InChI is InChI=1S/C29H30N4O5S/c1-6-10-19-24(27(35)38-7-2)25(18-11-8-9-12-22(18)37-5)33-26(34)23(39-28(33)30-19)16-17-13-14-20-21(15-17)32(4)29(36)31(20)3/h8-9,11-16,25H,6-7,10H2,1-5H3/b23-16+/t25-/m1/s1. The second kappa shape index (κ2) is 10.5. The summed E-state index contributed by atoms with van der Waals surface area (Å²) >= 11 is 1.27. The van der Waals surface area contributed by atoms with Gasteiger partial charge in [0.25, 0.3) is 5.56 Å². The Morgan fingerprint density at radius 3 is 2.54 bits per heavy atom. The van der Waals surface area contributed by atoms with Crippen molar-refractivity contribution >= 4 is 34.4 Å². The topological polar surface area (TPSA) is 96.8 Å². The summed E-state index contributed by atoms with van der Waals surface area (Å²) in [7, 11) is 5.02. The molecule has 3 heterocycles. The predicted octanol–water partition coefficient (Wildman–Crippen LogP) is 2.78. The fraction of sp³-hybridized carbons (Fsp3) is 0.310. The van der Waals surface area contributed by atoms with E-state index < -0.39 is 12.0 Å². The first-order chi connectivity index (χ1) is 18.8. The molecular formula is C29H30N4O5S. The number of aromatic nitrogens is 3. The first-order valence-corrected chi connectivity index (χ1v) is 13.6. The molecule has 202 valence electrons. The van der Waals surface area contributed by atoms with Gasteiger partial charge in [-0.25, -0.2) is 14.6 Å². The number of methoxy groups -OCH3 is 1. The first-order valence-electron chi connectivity index (χ1n) is 12.8. The zero-order valence-electron chi connectivity index (χ0n) is 22.6. The summed E-state index contributed by atoms with van der Waals surface area (Å²) in [6.45, 7) is 3.98. The largest absolute Gasteiger partial charge is 0.496 e. The van der Waals surface area contributed by atoms with Crippen LogP contribution in [-0.2, 0) is 23.6 Å². The van der Waals surface area contributed by atoms with Gasteiger partial charge in [0, 0.05) is 19.7 Å². The molecule has 10 heteroatoms. The number of rotatable bonds is 7. The average Bonchev–Trinajstić information content (AvgIpc) is 3.35. The second-order valence-corrected chi connectivity index (χ2v) is 10.3. The molecule has 0 radical (unpaired) electrons. The molecule has 0 bridgehead atoms. The smallest absolute Gasteiger partial charge is 0.338 e. The molecule has 0 unspecified atom stereocenters. The number of allylic oxidation sites excluding steroid dienone is 1. The van der Waals surface area contributed by atoms with Gasteiger partial charge in [0.15, 0.2) is 4.80 Å². The van der Waals surface area contributed by atoms with E-state index in [-0.39, 0.29) is 17.9 Å². The van der Waals surface area contributed by atoms with E-state index in [2.05, 4.69) is 0 Å². The van der Waals surface area contributed by atoms with Crippen LogP contribution in [0.5, 0.6) is 5.75 Å². The maximum atomic E-state index is 14.0. The molecular weight excluding hydrogens is 516 g/mol. The van der Waals surface area contributed by atoms with Gasteiger partial charge in [0.2, 0.25) is 0 Å². The number of nitrogens with zero attached hydrogens (tertiary/aromatic N) is 4. The van der Waals surface area contributed by atoms with Gasteiger partial charge in [0.05, 0.1) is 40.6 Å². The maximum absolute atomic E-state index is 14.0. The molecule has 0 saturated carbocycles. The zero-order valence-corrected chi connectivity index (χ0v) is 23.4. The Balaban J connectivity index is 1.77. The Morgan fingerprint density at radius 1 is 1.08 bits per heavy atom. The van der Waals surface area contributed by atoms with Crippen LogP contribution in [0.3, 0.4) is 0 Å². The van der Waals surface area contributed by atoms with Gasteiger partial charge in [-0.3, -0.25) is 18.5 Å². The lowest BCUT2D eigenvalue weighted by molar-refractivity contribution is -0.139. The second-order valence-electron chi connectivity index (χ2n) is 9.30. The molecule has 1 aliphatic rings. The minimum Gasteiger partial charge on any atom is -0.496 e. The van der Waals surface area contributed by atoms with Gasteiger partial charge < -0.3 is 9.47 Å². The Morgan fingerprint density at radius 2 is 1.82 bits per heavy atom. The number of aryl methyl sites for hydroxylation is 2.